The highest BCUT2D eigenvalue weighted by molar-refractivity contribution is 5.80. The molecule has 0 N–H and O–H groups in total. The van der Waals surface area contributed by atoms with Crippen molar-refractivity contribution in [2.24, 2.45) is 0 Å². The number of Topliss-reactive ketones (excluding diaryl/α,β-unsaturated/α-hetero) is 1. The number of carboxylic acids is 1. The van der Waals surface area contributed by atoms with Crippen LogP contribution in [0, 0.1) is 25.2 Å². The fraction of sp³-hybridized carbons (Fsp3) is 0.300. The van der Waals surface area contributed by atoms with Gasteiger partial charge in [0.25, 0.3) is 0 Å². The van der Waals surface area contributed by atoms with Gasteiger partial charge < -0.3 is 9.90 Å². The van der Waals surface area contributed by atoms with Crippen molar-refractivity contribution >= 4 is 11.8 Å². The lowest BCUT2D eigenvalue weighted by molar-refractivity contribution is -0.685. The molecule has 0 saturated heterocycles. The molecule has 0 aliphatic carbocycles. The smallest absolute Gasteiger partial charge is 0.430 e. The highest BCUT2D eigenvalue weighted by Gasteiger charge is 2.34. The number of nitriles is 1. The van der Waals surface area contributed by atoms with Crippen molar-refractivity contribution in [3.8, 4) is 6.07 Å². The van der Waals surface area contributed by atoms with E-state index < -0.39 is 23.9 Å². The maximum absolute atomic E-state index is 12.9. The van der Waals surface area contributed by atoms with Crippen LogP contribution in [-0.4, -0.2) is 17.9 Å². The Morgan fingerprint density at radius 2 is 1.58 bits per heavy atom. The molecule has 0 bridgehead atoms. The molecule has 0 saturated carbocycles. The van der Waals surface area contributed by atoms with Crippen molar-refractivity contribution in [1.82, 2.24) is 0 Å². The maximum Gasteiger partial charge on any atom is 0.430 e. The summed E-state index contributed by atoms with van der Waals surface area (Å²) in [4.78, 5) is 21.0. The molecule has 5 nitrogen and oxygen atoms in total. The predicted octanol–water partition coefficient (Wildman–Crippen LogP) is 2.59. The van der Waals surface area contributed by atoms with Crippen molar-refractivity contribution in [3.05, 3.63) is 64.5 Å². The third-order valence-corrected chi connectivity index (χ3v) is 3.99. The van der Waals surface area contributed by atoms with E-state index in [0.29, 0.717) is 0 Å². The summed E-state index contributed by atoms with van der Waals surface area (Å²) in [6.07, 6.45) is -7.52. The summed E-state index contributed by atoms with van der Waals surface area (Å²) in [6.45, 7) is 3.56. The van der Waals surface area contributed by atoms with Crippen LogP contribution in [0.25, 0.3) is 0 Å². The van der Waals surface area contributed by atoms with Crippen molar-refractivity contribution in [1.29, 1.82) is 5.26 Å². The minimum atomic E-state index is -5.19. The Bertz CT molecular complexity index is 987. The minimum absolute atomic E-state index is 0.135. The van der Waals surface area contributed by atoms with Gasteiger partial charge in [0.05, 0.1) is 0 Å². The van der Waals surface area contributed by atoms with Crippen LogP contribution < -0.4 is 9.67 Å². The number of pyridine rings is 1. The number of hydrogen-bond donors (Lipinski definition) is 0. The number of aryl methyl sites for hydroxylation is 2. The van der Waals surface area contributed by atoms with E-state index in [1.165, 1.54) is 6.20 Å². The molecule has 1 aromatic heterocycles. The van der Waals surface area contributed by atoms with E-state index in [0.717, 1.165) is 33.5 Å². The first-order valence-corrected chi connectivity index (χ1v) is 8.51. The van der Waals surface area contributed by atoms with Gasteiger partial charge in [0.2, 0.25) is 12.3 Å². The molecule has 0 amide bonds. The van der Waals surface area contributed by atoms with Crippen molar-refractivity contribution in [3.63, 3.8) is 0 Å². The number of ketones is 1. The molecule has 2 rings (SSSR count). The molecule has 11 heteroatoms. The number of benzene rings is 1. The number of carbonyl (C=O) groups is 2. The van der Waals surface area contributed by atoms with E-state index in [1.807, 2.05) is 32.0 Å². The van der Waals surface area contributed by atoms with Crippen LogP contribution in [0.15, 0.2) is 36.7 Å². The molecule has 0 spiro atoms. The molecule has 0 atom stereocenters. The first-order valence-electron chi connectivity index (χ1n) is 8.51. The van der Waals surface area contributed by atoms with Gasteiger partial charge in [-0.15, -0.1) is 0 Å². The molecule has 0 aliphatic rings. The number of alkyl halides is 6. The molecule has 0 radical (unpaired) electrons. The van der Waals surface area contributed by atoms with Crippen LogP contribution in [-0.2, 0) is 28.7 Å². The first kappa shape index (κ1) is 25.6. The number of carbonyl (C=O) groups excluding carboxylic acids is 2. The van der Waals surface area contributed by atoms with E-state index in [-0.39, 0.29) is 24.3 Å². The van der Waals surface area contributed by atoms with Crippen LogP contribution >= 0.6 is 0 Å². The summed E-state index contributed by atoms with van der Waals surface area (Å²) in [5, 5.41) is 17.7. The van der Waals surface area contributed by atoms with Gasteiger partial charge in [-0.3, -0.25) is 4.79 Å². The monoisotopic (exact) mass is 446 g/mol. The van der Waals surface area contributed by atoms with Crippen molar-refractivity contribution < 1.29 is 45.6 Å². The number of rotatable bonds is 4. The number of halogens is 6. The molecule has 0 unspecified atom stereocenters. The third kappa shape index (κ3) is 8.08. The van der Waals surface area contributed by atoms with E-state index >= 15 is 0 Å². The number of carboxylic acid groups (broad SMARTS) is 1. The van der Waals surface area contributed by atoms with Gasteiger partial charge >= 0.3 is 12.4 Å². The Morgan fingerprint density at radius 3 is 2.00 bits per heavy atom. The van der Waals surface area contributed by atoms with Crippen LogP contribution in [0.1, 0.15) is 27.8 Å². The zero-order chi connectivity index (χ0) is 24.0. The lowest BCUT2D eigenvalue weighted by atomic mass is 9.98. The molecule has 1 heterocycles. The molecular weight excluding hydrogens is 430 g/mol. The van der Waals surface area contributed by atoms with Gasteiger partial charge in [0.15, 0.2) is 12.4 Å². The number of hydrogen-bond acceptors (Lipinski definition) is 4. The van der Waals surface area contributed by atoms with Gasteiger partial charge in [-0.05, 0) is 36.6 Å². The molecule has 0 aliphatic heterocycles. The predicted molar refractivity (Wildman–Crippen MR) is 92.0 cm³/mol. The van der Waals surface area contributed by atoms with Gasteiger partial charge in [-0.2, -0.15) is 36.2 Å². The summed E-state index contributed by atoms with van der Waals surface area (Å²) >= 11 is 0. The maximum atomic E-state index is 12.9. The Kier molecular flexibility index (Phi) is 8.31. The van der Waals surface area contributed by atoms with Crippen molar-refractivity contribution in [2.45, 2.75) is 39.2 Å². The van der Waals surface area contributed by atoms with Crippen LogP contribution in [0.5, 0.6) is 0 Å². The molecule has 1 aromatic carbocycles. The lowest BCUT2D eigenvalue weighted by Gasteiger charge is -2.08. The average Bonchev–Trinajstić information content (AvgIpc) is 2.63. The zero-order valence-electron chi connectivity index (χ0n) is 16.3. The normalized spacial score (nSPS) is 11.2. The fourth-order valence-electron chi connectivity index (χ4n) is 2.53. The van der Waals surface area contributed by atoms with Gasteiger partial charge in [0, 0.05) is 6.42 Å². The summed E-state index contributed by atoms with van der Waals surface area (Å²) in [5.74, 6) is -3.23. The Hall–Kier alpha value is -3.42. The van der Waals surface area contributed by atoms with Gasteiger partial charge in [0.1, 0.15) is 23.2 Å². The quantitative estimate of drug-likeness (QED) is 0.534. The lowest BCUT2D eigenvalue weighted by Crippen LogP contribution is -2.39. The van der Waals surface area contributed by atoms with E-state index in [1.54, 1.807) is 6.07 Å². The second-order valence-corrected chi connectivity index (χ2v) is 6.47. The number of aliphatic carboxylic acids is 1. The van der Waals surface area contributed by atoms with Crippen molar-refractivity contribution in [2.75, 3.05) is 0 Å². The molecule has 2 aromatic rings. The number of nitrogens with zero attached hydrogens (tertiary/aromatic N) is 2. The summed E-state index contributed by atoms with van der Waals surface area (Å²) in [7, 11) is 0. The highest BCUT2D eigenvalue weighted by Crippen LogP contribution is 2.28. The molecule has 166 valence electrons. The van der Waals surface area contributed by atoms with E-state index in [2.05, 4.69) is 0 Å². The average molecular weight is 446 g/mol. The molecular formula is C20H16F6N2O3. The Labute approximate surface area is 173 Å². The van der Waals surface area contributed by atoms with Gasteiger partial charge in [-0.1, -0.05) is 18.2 Å². The summed E-state index contributed by atoms with van der Waals surface area (Å²) < 4.78 is 71.3. The van der Waals surface area contributed by atoms with E-state index in [4.69, 9.17) is 15.2 Å². The largest absolute Gasteiger partial charge is 0.542 e. The standard InChI is InChI=1S/C18H16F3N2O.C2HF3O2/c1-12-4-3-5-13(2)17(12)7-16(24)11-23-9-14(8-22)6-15(10-23)18(19,20)21;3-2(4,5)1(6)7/h3-6,9-10H,7,11H2,1-2H3;(H,6,7)/q+1;/p-1. The minimum Gasteiger partial charge on any atom is -0.542 e. The fourth-order valence-corrected chi connectivity index (χ4v) is 2.53. The second-order valence-electron chi connectivity index (χ2n) is 6.47. The summed E-state index contributed by atoms with van der Waals surface area (Å²) in [6, 6.07) is 8.13. The summed E-state index contributed by atoms with van der Waals surface area (Å²) in [5.41, 5.74) is 1.74. The molecule has 31 heavy (non-hydrogen) atoms. The van der Waals surface area contributed by atoms with Crippen LogP contribution in [0.4, 0.5) is 26.3 Å². The van der Waals surface area contributed by atoms with E-state index in [9.17, 15) is 31.1 Å². The van der Waals surface area contributed by atoms with Gasteiger partial charge in [-0.25, -0.2) is 0 Å². The number of aromatic nitrogens is 1. The Morgan fingerprint density at radius 1 is 1.06 bits per heavy atom. The van der Waals surface area contributed by atoms with Crippen LogP contribution in [0.3, 0.4) is 0 Å². The first-order chi connectivity index (χ1) is 14.1. The second kappa shape index (κ2) is 10.1. The topological polar surface area (TPSA) is 84.9 Å². The highest BCUT2D eigenvalue weighted by atomic mass is 19.4. The SMILES string of the molecule is Cc1cccc(C)c1CC(=O)C[n+]1cc(C#N)cc(C(F)(F)F)c1.O=C([O-])C(F)(F)F. The van der Waals surface area contributed by atoms with Crippen LogP contribution in [0.2, 0.25) is 0 Å². The molecule has 0 fully saturated rings. The third-order valence-electron chi connectivity index (χ3n) is 3.99. The zero-order valence-corrected chi connectivity index (χ0v) is 16.3. The Balaban J connectivity index is 0.000000592.